The number of ether oxygens (including phenoxy) is 2. The lowest BCUT2D eigenvalue weighted by atomic mass is 9.67. The van der Waals surface area contributed by atoms with Crippen molar-refractivity contribution in [1.29, 1.82) is 0 Å². The Balaban J connectivity index is 1.65. The van der Waals surface area contributed by atoms with Crippen LogP contribution < -0.4 is 21.4 Å². The standard InChI is InChI=1S/C27H17BrN2O6/c28-15-10-11-18-17(12-15)27(26(33)30-18)20-16-8-4-5-9-19(16)35-25(32)22(20)36-23(29)21(27)24(31)34-13-14-6-2-1-3-7-14/h1-12H,13,29H2,(H,30,33). The number of amides is 1. The highest BCUT2D eigenvalue weighted by atomic mass is 79.9. The number of rotatable bonds is 3. The van der Waals surface area contributed by atoms with Crippen molar-refractivity contribution in [1.82, 2.24) is 0 Å². The Labute approximate surface area is 212 Å². The minimum Gasteiger partial charge on any atom is -0.457 e. The summed E-state index contributed by atoms with van der Waals surface area (Å²) < 4.78 is 17.4. The minimum absolute atomic E-state index is 0.0516. The Kier molecular flexibility index (Phi) is 4.97. The lowest BCUT2D eigenvalue weighted by molar-refractivity contribution is -0.142. The molecule has 1 aromatic heterocycles. The molecule has 8 nitrogen and oxygen atoms in total. The molecule has 0 saturated heterocycles. The molecule has 1 spiro atoms. The van der Waals surface area contributed by atoms with Crippen LogP contribution in [0.15, 0.2) is 97.9 Å². The number of benzene rings is 3. The SMILES string of the molecule is NC1=C(C(=O)OCc2ccccc2)C2(C(=O)Nc3ccc(Br)cc32)c2c(c(=O)oc3ccccc23)O1. The zero-order chi connectivity index (χ0) is 25.0. The maximum absolute atomic E-state index is 14.0. The average molecular weight is 545 g/mol. The van der Waals surface area contributed by atoms with Gasteiger partial charge in [-0.15, -0.1) is 0 Å². The Morgan fingerprint density at radius 3 is 2.58 bits per heavy atom. The number of nitrogens with two attached hydrogens (primary N) is 1. The zero-order valence-corrected chi connectivity index (χ0v) is 20.1. The monoisotopic (exact) mass is 544 g/mol. The summed E-state index contributed by atoms with van der Waals surface area (Å²) in [5, 5.41) is 3.27. The maximum Gasteiger partial charge on any atom is 0.380 e. The van der Waals surface area contributed by atoms with Gasteiger partial charge >= 0.3 is 11.6 Å². The molecule has 36 heavy (non-hydrogen) atoms. The Hall–Kier alpha value is -4.37. The summed E-state index contributed by atoms with van der Waals surface area (Å²) in [6.45, 7) is -0.0516. The van der Waals surface area contributed by atoms with Crippen LogP contribution in [-0.4, -0.2) is 11.9 Å². The van der Waals surface area contributed by atoms with E-state index in [2.05, 4.69) is 21.2 Å². The highest BCUT2D eigenvalue weighted by Crippen LogP contribution is 2.55. The second-order valence-electron chi connectivity index (χ2n) is 8.39. The van der Waals surface area contributed by atoms with Gasteiger partial charge in [0.05, 0.1) is 0 Å². The van der Waals surface area contributed by atoms with Crippen molar-refractivity contribution in [2.45, 2.75) is 12.0 Å². The van der Waals surface area contributed by atoms with E-state index in [-0.39, 0.29) is 29.1 Å². The van der Waals surface area contributed by atoms with E-state index < -0.39 is 28.8 Å². The van der Waals surface area contributed by atoms with Crippen LogP contribution in [0.4, 0.5) is 5.69 Å². The minimum atomic E-state index is -1.82. The number of halogens is 1. The van der Waals surface area contributed by atoms with Crippen molar-refractivity contribution < 1.29 is 23.5 Å². The van der Waals surface area contributed by atoms with Gasteiger partial charge < -0.3 is 24.9 Å². The van der Waals surface area contributed by atoms with Gasteiger partial charge in [-0.3, -0.25) is 4.79 Å². The highest BCUT2D eigenvalue weighted by Gasteiger charge is 2.60. The molecule has 1 unspecified atom stereocenters. The first-order valence-electron chi connectivity index (χ1n) is 11.0. The quantitative estimate of drug-likeness (QED) is 0.294. The first kappa shape index (κ1) is 22.1. The maximum atomic E-state index is 14.0. The van der Waals surface area contributed by atoms with Crippen LogP contribution in [0, 0.1) is 0 Å². The van der Waals surface area contributed by atoms with Gasteiger partial charge in [-0.05, 0) is 29.8 Å². The smallest absolute Gasteiger partial charge is 0.380 e. The molecule has 3 aromatic carbocycles. The molecular formula is C27H17BrN2O6. The highest BCUT2D eigenvalue weighted by molar-refractivity contribution is 9.10. The first-order chi connectivity index (χ1) is 17.4. The second kappa shape index (κ2) is 8.10. The van der Waals surface area contributed by atoms with Crippen LogP contribution in [-0.2, 0) is 26.3 Å². The fourth-order valence-corrected chi connectivity index (χ4v) is 5.25. The van der Waals surface area contributed by atoms with Gasteiger partial charge in [0.2, 0.25) is 17.5 Å². The number of anilines is 1. The topological polar surface area (TPSA) is 121 Å². The van der Waals surface area contributed by atoms with E-state index in [4.69, 9.17) is 19.6 Å². The predicted octanol–water partition coefficient (Wildman–Crippen LogP) is 4.10. The van der Waals surface area contributed by atoms with E-state index >= 15 is 0 Å². The molecule has 3 heterocycles. The molecule has 0 aliphatic carbocycles. The number of fused-ring (bicyclic) bond motifs is 6. The number of esters is 1. The van der Waals surface area contributed by atoms with E-state index in [0.29, 0.717) is 21.1 Å². The molecular weight excluding hydrogens is 528 g/mol. The molecule has 1 atom stereocenters. The molecule has 1 amide bonds. The lowest BCUT2D eigenvalue weighted by Crippen LogP contribution is -2.47. The molecule has 4 aromatic rings. The molecule has 0 bridgehead atoms. The van der Waals surface area contributed by atoms with Crippen molar-refractivity contribution in [3.8, 4) is 5.75 Å². The summed E-state index contributed by atoms with van der Waals surface area (Å²) in [5.41, 5.74) is 5.47. The Bertz CT molecular complexity index is 1680. The molecule has 9 heteroatoms. The molecule has 0 saturated carbocycles. The molecule has 178 valence electrons. The first-order valence-corrected chi connectivity index (χ1v) is 11.8. The molecule has 2 aliphatic rings. The lowest BCUT2D eigenvalue weighted by Gasteiger charge is -2.35. The predicted molar refractivity (Wildman–Crippen MR) is 134 cm³/mol. The van der Waals surface area contributed by atoms with Crippen molar-refractivity contribution in [2.75, 3.05) is 5.32 Å². The average Bonchev–Trinajstić information content (AvgIpc) is 3.14. The van der Waals surface area contributed by atoms with Crippen LogP contribution in [0.25, 0.3) is 11.0 Å². The molecule has 3 N–H and O–H groups in total. The molecule has 2 aliphatic heterocycles. The third kappa shape index (κ3) is 3.09. The van der Waals surface area contributed by atoms with E-state index in [1.165, 1.54) is 0 Å². The summed E-state index contributed by atoms with van der Waals surface area (Å²) >= 11 is 3.46. The van der Waals surface area contributed by atoms with E-state index in [9.17, 15) is 14.4 Å². The molecule has 0 fully saturated rings. The van der Waals surface area contributed by atoms with Crippen LogP contribution in [0.2, 0.25) is 0 Å². The number of carbonyl (C=O) groups is 2. The fourth-order valence-electron chi connectivity index (χ4n) is 4.89. The largest absolute Gasteiger partial charge is 0.457 e. The summed E-state index contributed by atoms with van der Waals surface area (Å²) in [6, 6.07) is 21.0. The Morgan fingerprint density at radius 2 is 1.78 bits per heavy atom. The molecule has 0 radical (unpaired) electrons. The van der Waals surface area contributed by atoms with Gasteiger partial charge in [0.1, 0.15) is 23.2 Å². The fraction of sp³-hybridized carbons (Fsp3) is 0.0741. The van der Waals surface area contributed by atoms with Gasteiger partial charge in [0.15, 0.2) is 0 Å². The van der Waals surface area contributed by atoms with Gasteiger partial charge in [-0.25, -0.2) is 9.59 Å². The van der Waals surface area contributed by atoms with Crippen LogP contribution in [0.3, 0.4) is 0 Å². The van der Waals surface area contributed by atoms with Crippen LogP contribution in [0.5, 0.6) is 5.75 Å². The van der Waals surface area contributed by atoms with Crippen LogP contribution >= 0.6 is 15.9 Å². The summed E-state index contributed by atoms with van der Waals surface area (Å²) in [4.78, 5) is 40.6. The van der Waals surface area contributed by atoms with Crippen molar-refractivity contribution >= 4 is 44.5 Å². The van der Waals surface area contributed by atoms with Gasteiger partial charge in [0, 0.05) is 26.7 Å². The number of hydrogen-bond donors (Lipinski definition) is 2. The number of para-hydroxylation sites is 1. The van der Waals surface area contributed by atoms with Crippen molar-refractivity contribution in [2.24, 2.45) is 5.73 Å². The number of nitrogens with one attached hydrogen (secondary N) is 1. The van der Waals surface area contributed by atoms with Crippen LogP contribution in [0.1, 0.15) is 16.7 Å². The zero-order valence-electron chi connectivity index (χ0n) is 18.5. The van der Waals surface area contributed by atoms with Gasteiger partial charge in [0.25, 0.3) is 0 Å². The third-order valence-corrected chi connectivity index (χ3v) is 6.86. The number of carbonyl (C=O) groups excluding carboxylic acids is 2. The second-order valence-corrected chi connectivity index (χ2v) is 9.30. The number of hydrogen-bond acceptors (Lipinski definition) is 7. The molecule has 6 rings (SSSR count). The van der Waals surface area contributed by atoms with Gasteiger partial charge in [-0.1, -0.05) is 64.5 Å². The third-order valence-electron chi connectivity index (χ3n) is 6.37. The summed E-state index contributed by atoms with van der Waals surface area (Å²) in [7, 11) is 0. The van der Waals surface area contributed by atoms with Crippen molar-refractivity contribution in [3.63, 3.8) is 0 Å². The summed E-state index contributed by atoms with van der Waals surface area (Å²) in [6.07, 6.45) is 0. The normalized spacial score (nSPS) is 18.0. The van der Waals surface area contributed by atoms with Crippen molar-refractivity contribution in [3.05, 3.63) is 116 Å². The van der Waals surface area contributed by atoms with E-state index in [1.54, 1.807) is 54.6 Å². The Morgan fingerprint density at radius 1 is 1.03 bits per heavy atom. The van der Waals surface area contributed by atoms with E-state index in [0.717, 1.165) is 5.56 Å². The van der Waals surface area contributed by atoms with Gasteiger partial charge in [-0.2, -0.15) is 0 Å². The summed E-state index contributed by atoms with van der Waals surface area (Å²) in [5.74, 6) is -2.08. The van der Waals surface area contributed by atoms with E-state index in [1.807, 2.05) is 18.2 Å².